The number of carboxylic acids is 1. The maximum atomic E-state index is 12.2. The average Bonchev–Trinajstić information content (AvgIpc) is 2.47. The number of hydrogen-bond acceptors (Lipinski definition) is 5. The fourth-order valence-electron chi connectivity index (χ4n) is 2.29. The average molecular weight is 324 g/mol. The van der Waals surface area contributed by atoms with Gasteiger partial charge in [0.15, 0.2) is 0 Å². The number of non-ortho nitro benzene ring substituents is 1. The van der Waals surface area contributed by atoms with Gasteiger partial charge in [-0.3, -0.25) is 14.9 Å². The minimum atomic E-state index is -1.30. The van der Waals surface area contributed by atoms with E-state index < -0.39 is 28.6 Å². The van der Waals surface area contributed by atoms with Crippen LogP contribution < -0.4 is 10.4 Å². The van der Waals surface area contributed by atoms with E-state index in [4.69, 9.17) is 11.6 Å². The first-order valence-electron chi connectivity index (χ1n) is 6.49. The Balaban J connectivity index is 2.11. The number of nitrogens with zero attached hydrogens (tertiary/aromatic N) is 1. The van der Waals surface area contributed by atoms with Crippen LogP contribution in [0.25, 0.3) is 0 Å². The van der Waals surface area contributed by atoms with Gasteiger partial charge in [0.25, 0.3) is 5.69 Å². The number of aliphatic carboxylic acids is 1. The topological polar surface area (TPSA) is 112 Å². The van der Waals surface area contributed by atoms with Crippen LogP contribution in [0.2, 0.25) is 0 Å². The lowest BCUT2D eigenvalue weighted by Gasteiger charge is -2.29. The Kier molecular flexibility index (Phi) is 4.77. The lowest BCUT2D eigenvalue weighted by atomic mass is 9.82. The molecule has 116 valence electrons. The molecule has 0 spiro atoms. The monoisotopic (exact) mass is 323 g/mol. The number of benzene rings is 1. The summed E-state index contributed by atoms with van der Waals surface area (Å²) >= 11 is 5.88. The van der Waals surface area contributed by atoms with E-state index in [9.17, 15) is 24.8 Å². The van der Waals surface area contributed by atoms with E-state index in [0.29, 0.717) is 10.7 Å². The molecule has 0 unspecified atom stereocenters. The molecule has 22 heavy (non-hydrogen) atoms. The molecule has 2 rings (SSSR count). The molecule has 8 heteroatoms. The number of carboxylic acid groups (broad SMARTS) is 1. The lowest BCUT2D eigenvalue weighted by Crippen LogP contribution is -2.42. The number of allylic oxidation sites excluding steroid dienone is 2. The van der Waals surface area contributed by atoms with Crippen molar-refractivity contribution < 1.29 is 19.6 Å². The van der Waals surface area contributed by atoms with E-state index in [1.807, 2.05) is 0 Å². The summed E-state index contributed by atoms with van der Waals surface area (Å²) in [7, 11) is 0. The molecule has 7 nitrogen and oxygen atoms in total. The Morgan fingerprint density at radius 3 is 2.41 bits per heavy atom. The fourth-order valence-corrected chi connectivity index (χ4v) is 2.55. The van der Waals surface area contributed by atoms with Crippen LogP contribution in [-0.4, -0.2) is 16.8 Å². The van der Waals surface area contributed by atoms with Crippen molar-refractivity contribution in [3.8, 4) is 0 Å². The molecule has 0 aliphatic heterocycles. The summed E-state index contributed by atoms with van der Waals surface area (Å²) in [5.74, 6) is -3.59. The van der Waals surface area contributed by atoms with Gasteiger partial charge in [0.05, 0.1) is 10.8 Å². The summed E-state index contributed by atoms with van der Waals surface area (Å²) in [6.07, 6.45) is 1.83. The quantitative estimate of drug-likeness (QED) is 0.665. The van der Waals surface area contributed by atoms with E-state index in [2.05, 4.69) is 5.32 Å². The van der Waals surface area contributed by atoms with E-state index in [0.717, 1.165) is 0 Å². The number of hydrogen-bond donors (Lipinski definition) is 1. The number of rotatable bonds is 4. The fraction of sp³-hybridized carbons (Fsp3) is 0.286. The minimum absolute atomic E-state index is 0.103. The third kappa shape index (κ3) is 3.62. The van der Waals surface area contributed by atoms with E-state index in [1.54, 1.807) is 6.08 Å². The molecule has 0 bridgehead atoms. The molecule has 1 aromatic rings. The first-order valence-corrected chi connectivity index (χ1v) is 6.87. The first kappa shape index (κ1) is 16.0. The zero-order valence-electron chi connectivity index (χ0n) is 11.3. The van der Waals surface area contributed by atoms with Gasteiger partial charge >= 0.3 is 0 Å². The number of carbonyl (C=O) groups is 2. The van der Waals surface area contributed by atoms with Crippen LogP contribution >= 0.6 is 11.6 Å². The number of halogens is 1. The SMILES string of the molecule is O=C([O-])[C@@H]1CC=C(Cl)C[C@H]1C(=O)Nc1ccc([N+](=O)[O-])cc1. The maximum Gasteiger partial charge on any atom is 0.269 e. The predicted molar refractivity (Wildman–Crippen MR) is 76.9 cm³/mol. The van der Waals surface area contributed by atoms with Crippen molar-refractivity contribution in [2.24, 2.45) is 11.8 Å². The second-order valence-electron chi connectivity index (χ2n) is 4.92. The molecule has 1 amide bonds. The highest BCUT2D eigenvalue weighted by Gasteiger charge is 2.32. The van der Waals surface area contributed by atoms with Gasteiger partial charge in [-0.15, -0.1) is 0 Å². The molecule has 2 atom stereocenters. The Labute approximate surface area is 130 Å². The molecular weight excluding hydrogens is 312 g/mol. The molecule has 1 aliphatic carbocycles. The summed E-state index contributed by atoms with van der Waals surface area (Å²) < 4.78 is 0. The van der Waals surface area contributed by atoms with Crippen molar-refractivity contribution in [1.82, 2.24) is 0 Å². The van der Waals surface area contributed by atoms with E-state index >= 15 is 0 Å². The highest BCUT2D eigenvalue weighted by atomic mass is 35.5. The molecule has 0 heterocycles. The molecule has 0 aromatic heterocycles. The zero-order chi connectivity index (χ0) is 16.3. The summed E-state index contributed by atoms with van der Waals surface area (Å²) in [4.78, 5) is 33.3. The minimum Gasteiger partial charge on any atom is -0.550 e. The second kappa shape index (κ2) is 6.57. The van der Waals surface area contributed by atoms with Gasteiger partial charge in [0.1, 0.15) is 0 Å². The van der Waals surface area contributed by atoms with Crippen molar-refractivity contribution in [2.75, 3.05) is 5.32 Å². The highest BCUT2D eigenvalue weighted by molar-refractivity contribution is 6.29. The van der Waals surface area contributed by atoms with E-state index in [1.165, 1.54) is 24.3 Å². The lowest BCUT2D eigenvalue weighted by molar-refractivity contribution is -0.384. The number of nitro benzene ring substituents is 1. The van der Waals surface area contributed by atoms with Crippen LogP contribution in [0.1, 0.15) is 12.8 Å². The van der Waals surface area contributed by atoms with Gasteiger partial charge in [0.2, 0.25) is 5.91 Å². The molecular formula is C14H12ClN2O5-. The van der Waals surface area contributed by atoms with Gasteiger partial charge in [-0.25, -0.2) is 0 Å². The van der Waals surface area contributed by atoms with Gasteiger partial charge in [-0.1, -0.05) is 17.7 Å². The first-order chi connectivity index (χ1) is 10.4. The third-order valence-corrected chi connectivity index (χ3v) is 3.79. The Bertz CT molecular complexity index is 641. The normalized spacial score (nSPS) is 20.9. The van der Waals surface area contributed by atoms with Gasteiger partial charge < -0.3 is 15.2 Å². The van der Waals surface area contributed by atoms with Crippen LogP contribution in [0, 0.1) is 22.0 Å². The molecule has 1 aromatic carbocycles. The Morgan fingerprint density at radius 1 is 1.23 bits per heavy atom. The Morgan fingerprint density at radius 2 is 1.86 bits per heavy atom. The molecule has 1 aliphatic rings. The largest absolute Gasteiger partial charge is 0.550 e. The van der Waals surface area contributed by atoms with Gasteiger partial charge in [0, 0.05) is 34.7 Å². The van der Waals surface area contributed by atoms with Crippen molar-refractivity contribution in [3.63, 3.8) is 0 Å². The van der Waals surface area contributed by atoms with Crippen LogP contribution in [0.3, 0.4) is 0 Å². The van der Waals surface area contributed by atoms with Crippen molar-refractivity contribution in [3.05, 3.63) is 45.5 Å². The maximum absolute atomic E-state index is 12.2. The molecule has 1 N–H and O–H groups in total. The van der Waals surface area contributed by atoms with Crippen LogP contribution in [-0.2, 0) is 9.59 Å². The predicted octanol–water partition coefficient (Wildman–Crippen LogP) is 1.43. The number of nitrogens with one attached hydrogen (secondary N) is 1. The third-order valence-electron chi connectivity index (χ3n) is 3.48. The number of nitro groups is 1. The number of carbonyl (C=O) groups excluding carboxylic acids is 2. The number of amides is 1. The van der Waals surface area contributed by atoms with Crippen LogP contribution in [0.15, 0.2) is 35.4 Å². The van der Waals surface area contributed by atoms with Crippen LogP contribution in [0.5, 0.6) is 0 Å². The second-order valence-corrected chi connectivity index (χ2v) is 5.40. The summed E-state index contributed by atoms with van der Waals surface area (Å²) in [5.41, 5.74) is 0.243. The number of anilines is 1. The summed E-state index contributed by atoms with van der Waals surface area (Å²) in [6.45, 7) is 0. The highest BCUT2D eigenvalue weighted by Crippen LogP contribution is 2.32. The van der Waals surface area contributed by atoms with Crippen molar-refractivity contribution >= 4 is 34.9 Å². The van der Waals surface area contributed by atoms with Gasteiger partial charge in [-0.05, 0) is 25.0 Å². The zero-order valence-corrected chi connectivity index (χ0v) is 12.1. The molecule has 0 fully saturated rings. The Hall–Kier alpha value is -2.41. The van der Waals surface area contributed by atoms with Crippen LogP contribution in [0.4, 0.5) is 11.4 Å². The molecule has 0 radical (unpaired) electrons. The van der Waals surface area contributed by atoms with Crippen molar-refractivity contribution in [2.45, 2.75) is 12.8 Å². The van der Waals surface area contributed by atoms with Crippen molar-refractivity contribution in [1.29, 1.82) is 0 Å². The smallest absolute Gasteiger partial charge is 0.269 e. The standard InChI is InChI=1S/C14H13ClN2O5/c15-8-1-6-11(14(19)20)12(7-8)13(18)16-9-2-4-10(5-3-9)17(21)22/h1-5,11-12H,6-7H2,(H,16,18)(H,19,20)/p-1/t11-,12-/m1/s1. The van der Waals surface area contributed by atoms with Gasteiger partial charge in [-0.2, -0.15) is 0 Å². The molecule has 0 saturated carbocycles. The summed E-state index contributed by atoms with van der Waals surface area (Å²) in [6, 6.07) is 5.26. The summed E-state index contributed by atoms with van der Waals surface area (Å²) in [5, 5.41) is 24.6. The molecule has 0 saturated heterocycles. The van der Waals surface area contributed by atoms with E-state index in [-0.39, 0.29) is 18.5 Å².